The van der Waals surface area contributed by atoms with Gasteiger partial charge in [0.05, 0.1) is 23.8 Å². The molecule has 0 unspecified atom stereocenters. The molecule has 0 amide bonds. The Balaban J connectivity index is 2.57. The van der Waals surface area contributed by atoms with E-state index in [9.17, 15) is 0 Å². The Labute approximate surface area is 105 Å². The van der Waals surface area contributed by atoms with E-state index >= 15 is 0 Å². The fraction of sp³-hybridized carbons (Fsp3) is 0.643. The van der Waals surface area contributed by atoms with Gasteiger partial charge in [-0.1, -0.05) is 20.8 Å². The molecule has 0 saturated carbocycles. The zero-order valence-corrected chi connectivity index (χ0v) is 11.5. The Morgan fingerprint density at radius 3 is 2.76 bits per heavy atom. The third-order valence-corrected chi connectivity index (χ3v) is 2.79. The van der Waals surface area contributed by atoms with Gasteiger partial charge < -0.3 is 10.2 Å². The van der Waals surface area contributed by atoms with Crippen LogP contribution in [0.15, 0.2) is 18.5 Å². The standard InChI is InChI=1S/C14H25N3/c1-5-7-16-13-9-14(11-15-10-13)17(4)8-6-12(2)3/h9-12,16H,5-8H2,1-4H3. The third-order valence-electron chi connectivity index (χ3n) is 2.79. The third kappa shape index (κ3) is 5.07. The lowest BCUT2D eigenvalue weighted by molar-refractivity contribution is 0.585. The molecule has 3 nitrogen and oxygen atoms in total. The highest BCUT2D eigenvalue weighted by Gasteiger charge is 2.03. The van der Waals surface area contributed by atoms with Crippen LogP contribution < -0.4 is 10.2 Å². The Hall–Kier alpha value is -1.25. The number of hydrogen-bond acceptors (Lipinski definition) is 3. The molecule has 0 aliphatic carbocycles. The minimum absolute atomic E-state index is 0.742. The highest BCUT2D eigenvalue weighted by molar-refractivity contribution is 5.55. The summed E-state index contributed by atoms with van der Waals surface area (Å²) in [6, 6.07) is 2.17. The molecule has 1 N–H and O–H groups in total. The molecule has 17 heavy (non-hydrogen) atoms. The summed E-state index contributed by atoms with van der Waals surface area (Å²) in [6.45, 7) is 8.76. The van der Waals surface area contributed by atoms with Crippen LogP contribution in [0.25, 0.3) is 0 Å². The summed E-state index contributed by atoms with van der Waals surface area (Å²) in [5.74, 6) is 0.742. The van der Waals surface area contributed by atoms with E-state index in [1.54, 1.807) is 0 Å². The summed E-state index contributed by atoms with van der Waals surface area (Å²) >= 11 is 0. The summed E-state index contributed by atoms with van der Waals surface area (Å²) in [5, 5.41) is 3.37. The molecular formula is C14H25N3. The zero-order chi connectivity index (χ0) is 12.7. The van der Waals surface area contributed by atoms with E-state index in [4.69, 9.17) is 0 Å². The number of aromatic nitrogens is 1. The van der Waals surface area contributed by atoms with E-state index in [-0.39, 0.29) is 0 Å². The maximum Gasteiger partial charge on any atom is 0.0570 e. The first-order chi connectivity index (χ1) is 8.13. The molecule has 0 aliphatic heterocycles. The van der Waals surface area contributed by atoms with Crippen molar-refractivity contribution in [2.24, 2.45) is 5.92 Å². The predicted molar refractivity (Wildman–Crippen MR) is 75.7 cm³/mol. The van der Waals surface area contributed by atoms with Crippen molar-refractivity contribution in [2.45, 2.75) is 33.6 Å². The summed E-state index contributed by atoms with van der Waals surface area (Å²) in [7, 11) is 2.13. The molecule has 0 fully saturated rings. The molecular weight excluding hydrogens is 210 g/mol. The van der Waals surface area contributed by atoms with Gasteiger partial charge in [0.1, 0.15) is 0 Å². The predicted octanol–water partition coefficient (Wildman–Crippen LogP) is 3.39. The molecule has 0 atom stereocenters. The smallest absolute Gasteiger partial charge is 0.0570 e. The SMILES string of the molecule is CCCNc1cncc(N(C)CCC(C)C)c1. The van der Waals surface area contributed by atoms with Crippen molar-refractivity contribution in [3.05, 3.63) is 18.5 Å². The molecule has 0 bridgehead atoms. The second-order valence-electron chi connectivity index (χ2n) is 4.96. The van der Waals surface area contributed by atoms with Gasteiger partial charge in [-0.3, -0.25) is 4.98 Å². The average Bonchev–Trinajstić information content (AvgIpc) is 2.33. The maximum atomic E-state index is 4.28. The highest BCUT2D eigenvalue weighted by atomic mass is 15.1. The Kier molecular flexibility index (Phi) is 5.81. The molecule has 1 heterocycles. The topological polar surface area (TPSA) is 28.2 Å². The van der Waals surface area contributed by atoms with Crippen molar-refractivity contribution in [1.82, 2.24) is 4.98 Å². The Morgan fingerprint density at radius 1 is 1.35 bits per heavy atom. The first kappa shape index (κ1) is 13.8. The van der Waals surface area contributed by atoms with Gasteiger partial charge in [-0.05, 0) is 24.8 Å². The van der Waals surface area contributed by atoms with Gasteiger partial charge in [0.15, 0.2) is 0 Å². The summed E-state index contributed by atoms with van der Waals surface area (Å²) in [6.07, 6.45) is 6.16. The number of anilines is 2. The second kappa shape index (κ2) is 7.15. The van der Waals surface area contributed by atoms with Crippen LogP contribution in [0.3, 0.4) is 0 Å². The monoisotopic (exact) mass is 235 g/mol. The van der Waals surface area contributed by atoms with Crippen LogP contribution in [-0.4, -0.2) is 25.1 Å². The van der Waals surface area contributed by atoms with Crippen molar-refractivity contribution < 1.29 is 0 Å². The van der Waals surface area contributed by atoms with Crippen molar-refractivity contribution in [3.8, 4) is 0 Å². The van der Waals surface area contributed by atoms with E-state index in [1.807, 2.05) is 12.4 Å². The van der Waals surface area contributed by atoms with Gasteiger partial charge >= 0.3 is 0 Å². The van der Waals surface area contributed by atoms with Crippen molar-refractivity contribution in [2.75, 3.05) is 30.4 Å². The number of hydrogen-bond donors (Lipinski definition) is 1. The van der Waals surface area contributed by atoms with Gasteiger partial charge in [0.2, 0.25) is 0 Å². The average molecular weight is 235 g/mol. The minimum Gasteiger partial charge on any atom is -0.384 e. The van der Waals surface area contributed by atoms with Crippen LogP contribution in [0.2, 0.25) is 0 Å². The zero-order valence-electron chi connectivity index (χ0n) is 11.5. The largest absolute Gasteiger partial charge is 0.384 e. The molecule has 0 radical (unpaired) electrons. The fourth-order valence-electron chi connectivity index (χ4n) is 1.58. The Morgan fingerprint density at radius 2 is 2.12 bits per heavy atom. The molecule has 0 aliphatic rings. The lowest BCUT2D eigenvalue weighted by atomic mass is 10.1. The van der Waals surface area contributed by atoms with Gasteiger partial charge in [0, 0.05) is 20.1 Å². The molecule has 96 valence electrons. The number of nitrogens with one attached hydrogen (secondary N) is 1. The first-order valence-corrected chi connectivity index (χ1v) is 6.53. The minimum atomic E-state index is 0.742. The molecule has 0 spiro atoms. The van der Waals surface area contributed by atoms with Crippen molar-refractivity contribution >= 4 is 11.4 Å². The molecule has 0 saturated heterocycles. The maximum absolute atomic E-state index is 4.28. The van der Waals surface area contributed by atoms with E-state index in [1.165, 1.54) is 12.1 Å². The molecule has 0 aromatic carbocycles. The number of rotatable bonds is 7. The van der Waals surface area contributed by atoms with Gasteiger partial charge in [-0.2, -0.15) is 0 Å². The van der Waals surface area contributed by atoms with Crippen LogP contribution in [-0.2, 0) is 0 Å². The van der Waals surface area contributed by atoms with Crippen LogP contribution >= 0.6 is 0 Å². The lowest BCUT2D eigenvalue weighted by Gasteiger charge is -2.20. The van der Waals surface area contributed by atoms with E-state index < -0.39 is 0 Å². The van der Waals surface area contributed by atoms with Crippen LogP contribution in [0.5, 0.6) is 0 Å². The number of pyridine rings is 1. The molecule has 1 rings (SSSR count). The second-order valence-corrected chi connectivity index (χ2v) is 4.96. The normalized spacial score (nSPS) is 10.6. The summed E-state index contributed by atoms with van der Waals surface area (Å²) in [4.78, 5) is 6.55. The number of nitrogens with zero attached hydrogens (tertiary/aromatic N) is 2. The Bertz CT molecular complexity index is 323. The van der Waals surface area contributed by atoms with Crippen molar-refractivity contribution in [3.63, 3.8) is 0 Å². The van der Waals surface area contributed by atoms with Gasteiger partial charge in [-0.15, -0.1) is 0 Å². The van der Waals surface area contributed by atoms with Crippen LogP contribution in [0.1, 0.15) is 33.6 Å². The highest BCUT2D eigenvalue weighted by Crippen LogP contribution is 2.17. The summed E-state index contributed by atoms with van der Waals surface area (Å²) in [5.41, 5.74) is 2.30. The van der Waals surface area contributed by atoms with Gasteiger partial charge in [0.25, 0.3) is 0 Å². The first-order valence-electron chi connectivity index (χ1n) is 6.53. The molecule has 1 aromatic rings. The van der Waals surface area contributed by atoms with Crippen molar-refractivity contribution in [1.29, 1.82) is 0 Å². The fourth-order valence-corrected chi connectivity index (χ4v) is 1.58. The van der Waals surface area contributed by atoms with E-state index in [2.05, 4.69) is 49.1 Å². The molecule has 3 heteroatoms. The van der Waals surface area contributed by atoms with Gasteiger partial charge in [-0.25, -0.2) is 0 Å². The lowest BCUT2D eigenvalue weighted by Crippen LogP contribution is -2.20. The molecule has 1 aromatic heterocycles. The van der Waals surface area contributed by atoms with E-state index in [0.717, 1.165) is 31.1 Å². The van der Waals surface area contributed by atoms with Crippen LogP contribution in [0.4, 0.5) is 11.4 Å². The van der Waals surface area contributed by atoms with E-state index in [0.29, 0.717) is 0 Å². The quantitative estimate of drug-likeness (QED) is 0.785. The van der Waals surface area contributed by atoms with Crippen LogP contribution in [0, 0.1) is 5.92 Å². The summed E-state index contributed by atoms with van der Waals surface area (Å²) < 4.78 is 0.